The molecule has 1 unspecified atom stereocenters. The van der Waals surface area contributed by atoms with E-state index in [1.54, 1.807) is 11.3 Å². The number of aliphatic hydroxyl groups is 1. The number of thiophene rings is 1. The molecule has 3 nitrogen and oxygen atoms in total. The predicted octanol–water partition coefficient (Wildman–Crippen LogP) is 2.58. The van der Waals surface area contributed by atoms with E-state index >= 15 is 0 Å². The van der Waals surface area contributed by atoms with Gasteiger partial charge in [-0.3, -0.25) is 4.90 Å². The van der Waals surface area contributed by atoms with Gasteiger partial charge in [0, 0.05) is 30.6 Å². The lowest BCUT2D eigenvalue weighted by Gasteiger charge is -2.30. The van der Waals surface area contributed by atoms with Crippen molar-refractivity contribution in [3.05, 3.63) is 21.3 Å². The van der Waals surface area contributed by atoms with Crippen LogP contribution in [-0.4, -0.2) is 41.8 Å². The Morgan fingerprint density at radius 3 is 2.67 bits per heavy atom. The summed E-state index contributed by atoms with van der Waals surface area (Å²) >= 11 is 7.49. The largest absolute Gasteiger partial charge is 0.388 e. The monoisotopic (exact) mass is 290 g/mol. The molecule has 0 aliphatic heterocycles. The van der Waals surface area contributed by atoms with Gasteiger partial charge in [-0.25, -0.2) is 0 Å². The first kappa shape index (κ1) is 15.9. The Labute approximate surface area is 119 Å². The van der Waals surface area contributed by atoms with Crippen LogP contribution >= 0.6 is 22.9 Å². The Hall–Kier alpha value is -0.130. The maximum absolute atomic E-state index is 10.3. The molecule has 5 heteroatoms. The Morgan fingerprint density at radius 2 is 2.17 bits per heavy atom. The summed E-state index contributed by atoms with van der Waals surface area (Å²) in [5.41, 5.74) is -0.722. The van der Waals surface area contributed by atoms with E-state index in [0.29, 0.717) is 19.1 Å². The lowest BCUT2D eigenvalue weighted by atomic mass is 10.1. The topological polar surface area (TPSA) is 35.5 Å². The number of likely N-dealkylation sites (N-methyl/N-ethyl adjacent to an activating group) is 1. The fourth-order valence-corrected chi connectivity index (χ4v) is 2.99. The minimum atomic E-state index is -0.722. The molecule has 104 valence electrons. The second-order valence-electron chi connectivity index (χ2n) is 5.41. The maximum Gasteiger partial charge on any atom is 0.0931 e. The van der Waals surface area contributed by atoms with Gasteiger partial charge in [0.05, 0.1) is 9.94 Å². The zero-order valence-corrected chi connectivity index (χ0v) is 13.1. The molecule has 0 aliphatic carbocycles. The molecule has 1 aromatic heterocycles. The quantitative estimate of drug-likeness (QED) is 0.810. The number of hydrogen-bond donors (Lipinski definition) is 2. The van der Waals surface area contributed by atoms with E-state index in [9.17, 15) is 5.11 Å². The second kappa shape index (κ2) is 6.87. The highest BCUT2D eigenvalue weighted by atomic mass is 35.5. The van der Waals surface area contributed by atoms with E-state index in [0.717, 1.165) is 10.9 Å². The molecule has 0 aromatic carbocycles. The first-order chi connectivity index (χ1) is 8.28. The third-order valence-electron chi connectivity index (χ3n) is 2.56. The molecule has 1 heterocycles. The van der Waals surface area contributed by atoms with Crippen LogP contribution in [-0.2, 0) is 6.54 Å². The molecule has 2 N–H and O–H groups in total. The number of nitrogens with zero attached hydrogens (tertiary/aromatic N) is 1. The van der Waals surface area contributed by atoms with Crippen LogP contribution < -0.4 is 5.32 Å². The zero-order chi connectivity index (χ0) is 13.8. The number of nitrogens with one attached hydrogen (secondary N) is 1. The van der Waals surface area contributed by atoms with E-state index in [1.807, 2.05) is 26.1 Å². The van der Waals surface area contributed by atoms with Crippen LogP contribution in [0.25, 0.3) is 0 Å². The second-order valence-corrected chi connectivity index (χ2v) is 7.21. The average molecular weight is 291 g/mol. The van der Waals surface area contributed by atoms with Crippen LogP contribution in [0.5, 0.6) is 0 Å². The van der Waals surface area contributed by atoms with E-state index in [-0.39, 0.29) is 0 Å². The molecular formula is C13H23ClN2OS. The van der Waals surface area contributed by atoms with Crippen molar-refractivity contribution in [3.8, 4) is 0 Å². The van der Waals surface area contributed by atoms with Crippen molar-refractivity contribution < 1.29 is 5.11 Å². The van der Waals surface area contributed by atoms with Crippen LogP contribution in [0.3, 0.4) is 0 Å². The van der Waals surface area contributed by atoms with Crippen molar-refractivity contribution in [2.75, 3.05) is 20.1 Å². The Bertz CT molecular complexity index is 366. The summed E-state index contributed by atoms with van der Waals surface area (Å²) in [6.07, 6.45) is 0. The minimum Gasteiger partial charge on any atom is -0.388 e. The van der Waals surface area contributed by atoms with E-state index in [4.69, 9.17) is 11.6 Å². The van der Waals surface area contributed by atoms with Crippen LogP contribution in [0.2, 0.25) is 4.34 Å². The highest BCUT2D eigenvalue weighted by Gasteiger charge is 2.22. The van der Waals surface area contributed by atoms with Gasteiger partial charge in [0.25, 0.3) is 0 Å². The van der Waals surface area contributed by atoms with Crippen LogP contribution in [0.1, 0.15) is 25.6 Å². The summed E-state index contributed by atoms with van der Waals surface area (Å²) in [7, 11) is 2.01. The van der Waals surface area contributed by atoms with Crippen molar-refractivity contribution in [1.82, 2.24) is 10.2 Å². The molecular weight excluding hydrogens is 268 g/mol. The Balaban J connectivity index is 2.40. The lowest BCUT2D eigenvalue weighted by molar-refractivity contribution is 0.0242. The van der Waals surface area contributed by atoms with E-state index < -0.39 is 5.60 Å². The summed E-state index contributed by atoms with van der Waals surface area (Å²) in [5.74, 6) is 0. The molecule has 0 fully saturated rings. The molecule has 0 spiro atoms. The fourth-order valence-electron chi connectivity index (χ4n) is 1.82. The van der Waals surface area contributed by atoms with E-state index in [1.165, 1.54) is 4.88 Å². The molecule has 0 amide bonds. The van der Waals surface area contributed by atoms with Crippen LogP contribution in [0, 0.1) is 0 Å². The van der Waals surface area contributed by atoms with Gasteiger partial charge in [0.2, 0.25) is 0 Å². The van der Waals surface area contributed by atoms with Gasteiger partial charge in [0.1, 0.15) is 0 Å². The molecule has 1 atom stereocenters. The van der Waals surface area contributed by atoms with Crippen LogP contribution in [0.4, 0.5) is 0 Å². The first-order valence-corrected chi connectivity index (χ1v) is 7.36. The first-order valence-electron chi connectivity index (χ1n) is 6.17. The van der Waals surface area contributed by atoms with Gasteiger partial charge in [-0.1, -0.05) is 25.4 Å². The van der Waals surface area contributed by atoms with E-state index in [2.05, 4.69) is 24.1 Å². The van der Waals surface area contributed by atoms with Crippen molar-refractivity contribution in [3.63, 3.8) is 0 Å². The Kier molecular flexibility index (Phi) is 6.08. The van der Waals surface area contributed by atoms with Crippen LogP contribution in [0.15, 0.2) is 12.1 Å². The summed E-state index contributed by atoms with van der Waals surface area (Å²) < 4.78 is 0.812. The average Bonchev–Trinajstić information content (AvgIpc) is 2.60. The maximum atomic E-state index is 10.3. The molecule has 0 radical (unpaired) electrons. The van der Waals surface area contributed by atoms with Gasteiger partial charge < -0.3 is 10.4 Å². The van der Waals surface area contributed by atoms with Gasteiger partial charge in [-0.15, -0.1) is 11.3 Å². The molecule has 0 saturated heterocycles. The van der Waals surface area contributed by atoms with Crippen molar-refractivity contribution >= 4 is 22.9 Å². The van der Waals surface area contributed by atoms with Gasteiger partial charge in [0.15, 0.2) is 0 Å². The highest BCUT2D eigenvalue weighted by molar-refractivity contribution is 7.16. The smallest absolute Gasteiger partial charge is 0.0931 e. The standard InChI is InChI=1S/C13H23ClN2OS/c1-10(2)15-8-13(3,17)9-16(4)7-11-5-6-12(14)18-11/h5-6,10,15,17H,7-9H2,1-4H3. The number of halogens is 1. The minimum absolute atomic E-state index is 0.387. The normalized spacial score (nSPS) is 15.3. The number of rotatable bonds is 7. The third-order valence-corrected chi connectivity index (χ3v) is 3.77. The van der Waals surface area contributed by atoms with Crippen molar-refractivity contribution in [1.29, 1.82) is 0 Å². The molecule has 0 aliphatic rings. The summed E-state index contributed by atoms with van der Waals surface area (Å²) in [6, 6.07) is 4.33. The predicted molar refractivity (Wildman–Crippen MR) is 79.4 cm³/mol. The van der Waals surface area contributed by atoms with Gasteiger partial charge in [-0.2, -0.15) is 0 Å². The summed E-state index contributed by atoms with van der Waals surface area (Å²) in [5, 5.41) is 13.6. The third kappa shape index (κ3) is 6.16. The highest BCUT2D eigenvalue weighted by Crippen LogP contribution is 2.22. The van der Waals surface area contributed by atoms with Gasteiger partial charge in [-0.05, 0) is 26.1 Å². The SMILES string of the molecule is CC(C)NCC(C)(O)CN(C)Cc1ccc(Cl)s1. The lowest BCUT2D eigenvalue weighted by Crippen LogP contribution is -2.47. The molecule has 18 heavy (non-hydrogen) atoms. The molecule has 1 rings (SSSR count). The fraction of sp³-hybridized carbons (Fsp3) is 0.692. The molecule has 0 bridgehead atoms. The number of hydrogen-bond acceptors (Lipinski definition) is 4. The molecule has 0 saturated carbocycles. The van der Waals surface area contributed by atoms with Gasteiger partial charge >= 0.3 is 0 Å². The zero-order valence-electron chi connectivity index (χ0n) is 11.5. The molecule has 1 aromatic rings. The summed E-state index contributed by atoms with van der Waals surface area (Å²) in [4.78, 5) is 3.33. The Morgan fingerprint density at radius 1 is 1.50 bits per heavy atom. The summed E-state index contributed by atoms with van der Waals surface area (Å²) in [6.45, 7) is 8.05. The van der Waals surface area contributed by atoms with Crippen molar-refractivity contribution in [2.24, 2.45) is 0 Å². The van der Waals surface area contributed by atoms with Crippen molar-refractivity contribution in [2.45, 2.75) is 39.0 Å².